The van der Waals surface area contributed by atoms with E-state index in [1.165, 1.54) is 6.07 Å². The van der Waals surface area contributed by atoms with Crippen LogP contribution in [0.2, 0.25) is 0 Å². The molecule has 4 rings (SSSR count). The predicted octanol–water partition coefficient (Wildman–Crippen LogP) is 5.54. The van der Waals surface area contributed by atoms with E-state index in [0.717, 1.165) is 23.2 Å². The summed E-state index contributed by atoms with van der Waals surface area (Å²) in [6.45, 7) is 11.4. The van der Waals surface area contributed by atoms with Crippen molar-refractivity contribution in [3.05, 3.63) is 53.3 Å². The fraction of sp³-hybridized carbons (Fsp3) is 0.464. The van der Waals surface area contributed by atoms with Gasteiger partial charge in [-0.3, -0.25) is 4.79 Å². The van der Waals surface area contributed by atoms with Crippen LogP contribution in [0.1, 0.15) is 45.7 Å². The smallest absolute Gasteiger partial charge is 0.308 e. The molecule has 37 heavy (non-hydrogen) atoms. The molecule has 0 amide bonds. The fourth-order valence-electron chi connectivity index (χ4n) is 4.62. The first-order chi connectivity index (χ1) is 17.4. The van der Waals surface area contributed by atoms with Gasteiger partial charge in [0.15, 0.2) is 0 Å². The molecule has 1 N–H and O–H groups in total. The average Bonchev–Trinajstić information content (AvgIpc) is 3.43. The molecule has 0 aliphatic carbocycles. The number of fused-ring (bicyclic) bond motifs is 1. The van der Waals surface area contributed by atoms with Crippen molar-refractivity contribution in [3.8, 4) is 17.2 Å². The van der Waals surface area contributed by atoms with E-state index in [4.69, 9.17) is 9.26 Å². The number of ether oxygens (including phenoxy) is 1. The van der Waals surface area contributed by atoms with Crippen molar-refractivity contribution in [3.63, 3.8) is 0 Å². The van der Waals surface area contributed by atoms with Gasteiger partial charge in [0.1, 0.15) is 11.6 Å². The number of hydrogen-bond donors (Lipinski definition) is 1. The Morgan fingerprint density at radius 3 is 2.65 bits per heavy atom. The Hall–Kier alpha value is -3.46. The Bertz CT molecular complexity index is 1270. The fourth-order valence-corrected chi connectivity index (χ4v) is 4.62. The maximum atomic E-state index is 14.7. The van der Waals surface area contributed by atoms with Crippen LogP contribution in [0.25, 0.3) is 11.5 Å². The van der Waals surface area contributed by atoms with Gasteiger partial charge in [0.2, 0.25) is 0 Å². The SMILES string of the molecule is CC(C)Oc1ccc(-c2nc(N3CCc4cc(CN(C)CC(C(=O)O)C(C)(C)C)ccc43)no2)c(F)c1. The molecule has 0 saturated heterocycles. The van der Waals surface area contributed by atoms with Crippen molar-refractivity contribution in [2.24, 2.45) is 11.3 Å². The van der Waals surface area contributed by atoms with Crippen molar-refractivity contribution in [2.75, 3.05) is 25.0 Å². The van der Waals surface area contributed by atoms with Crippen molar-refractivity contribution in [1.82, 2.24) is 15.0 Å². The first-order valence-corrected chi connectivity index (χ1v) is 12.5. The molecule has 1 aliphatic heterocycles. The van der Waals surface area contributed by atoms with Gasteiger partial charge in [-0.2, -0.15) is 4.98 Å². The molecule has 198 valence electrons. The van der Waals surface area contributed by atoms with Crippen LogP contribution in [-0.2, 0) is 17.8 Å². The molecule has 3 aromatic rings. The molecule has 0 saturated carbocycles. The minimum atomic E-state index is -0.775. The first-order valence-electron chi connectivity index (χ1n) is 12.5. The third-order valence-corrected chi connectivity index (χ3v) is 6.53. The molecule has 2 heterocycles. The highest BCUT2D eigenvalue weighted by molar-refractivity contribution is 5.71. The van der Waals surface area contributed by atoms with Crippen LogP contribution in [0.5, 0.6) is 5.75 Å². The van der Waals surface area contributed by atoms with Gasteiger partial charge in [-0.15, -0.1) is 0 Å². The van der Waals surface area contributed by atoms with E-state index in [1.807, 2.05) is 58.7 Å². The molecule has 9 heteroatoms. The number of aromatic nitrogens is 2. The normalized spacial score (nSPS) is 14.4. The second-order valence-electron chi connectivity index (χ2n) is 11.0. The van der Waals surface area contributed by atoms with E-state index < -0.39 is 17.7 Å². The number of carbonyl (C=O) groups is 1. The second kappa shape index (κ2) is 10.5. The van der Waals surface area contributed by atoms with Gasteiger partial charge >= 0.3 is 5.97 Å². The van der Waals surface area contributed by atoms with Crippen molar-refractivity contribution in [2.45, 2.75) is 53.7 Å². The van der Waals surface area contributed by atoms with Crippen molar-refractivity contribution < 1.29 is 23.6 Å². The summed E-state index contributed by atoms with van der Waals surface area (Å²) in [4.78, 5) is 20.2. The highest BCUT2D eigenvalue weighted by Gasteiger charge is 2.32. The van der Waals surface area contributed by atoms with Gasteiger partial charge < -0.3 is 24.2 Å². The van der Waals surface area contributed by atoms with Gasteiger partial charge in [0.05, 0.1) is 17.6 Å². The summed E-state index contributed by atoms with van der Waals surface area (Å²) >= 11 is 0. The summed E-state index contributed by atoms with van der Waals surface area (Å²) < 4.78 is 25.6. The van der Waals surface area contributed by atoms with Gasteiger partial charge in [0, 0.05) is 31.4 Å². The highest BCUT2D eigenvalue weighted by Crippen LogP contribution is 2.35. The van der Waals surface area contributed by atoms with Crippen LogP contribution < -0.4 is 9.64 Å². The van der Waals surface area contributed by atoms with Crippen molar-refractivity contribution in [1.29, 1.82) is 0 Å². The average molecular weight is 511 g/mol. The maximum Gasteiger partial charge on any atom is 0.308 e. The Morgan fingerprint density at radius 1 is 1.24 bits per heavy atom. The summed E-state index contributed by atoms with van der Waals surface area (Å²) in [5, 5.41) is 13.7. The lowest BCUT2D eigenvalue weighted by molar-refractivity contribution is -0.146. The number of carboxylic acid groups (broad SMARTS) is 1. The largest absolute Gasteiger partial charge is 0.491 e. The zero-order chi connectivity index (χ0) is 26.9. The lowest BCUT2D eigenvalue weighted by Crippen LogP contribution is -2.38. The Balaban J connectivity index is 1.46. The molecule has 1 aromatic heterocycles. The topological polar surface area (TPSA) is 91.9 Å². The van der Waals surface area contributed by atoms with Gasteiger partial charge in [-0.25, -0.2) is 4.39 Å². The van der Waals surface area contributed by atoms with E-state index in [1.54, 1.807) is 12.1 Å². The molecule has 8 nitrogen and oxygen atoms in total. The Kier molecular flexibility index (Phi) is 7.54. The predicted molar refractivity (Wildman–Crippen MR) is 140 cm³/mol. The van der Waals surface area contributed by atoms with Crippen LogP contribution in [-0.4, -0.2) is 52.4 Å². The third-order valence-electron chi connectivity index (χ3n) is 6.53. The Morgan fingerprint density at radius 2 is 2.00 bits per heavy atom. The lowest BCUT2D eigenvalue weighted by Gasteiger charge is -2.31. The van der Waals surface area contributed by atoms with Crippen molar-refractivity contribution >= 4 is 17.6 Å². The number of halogens is 1. The zero-order valence-corrected chi connectivity index (χ0v) is 22.3. The molecule has 0 radical (unpaired) electrons. The molecular weight excluding hydrogens is 475 g/mol. The molecular formula is C28H35FN4O4. The van der Waals surface area contributed by atoms with Crippen LogP contribution in [0.4, 0.5) is 16.0 Å². The first kappa shape index (κ1) is 26.6. The molecule has 1 aliphatic rings. The number of benzene rings is 2. The van der Waals surface area contributed by atoms with Crippen LogP contribution in [0.15, 0.2) is 40.9 Å². The van der Waals surface area contributed by atoms with E-state index in [-0.39, 0.29) is 23.0 Å². The van der Waals surface area contributed by atoms with Crippen LogP contribution >= 0.6 is 0 Å². The second-order valence-corrected chi connectivity index (χ2v) is 11.0. The number of carboxylic acids is 1. The van der Waals surface area contributed by atoms with E-state index in [2.05, 4.69) is 21.1 Å². The Labute approximate surface area is 217 Å². The van der Waals surface area contributed by atoms with Crippen LogP contribution in [0, 0.1) is 17.2 Å². The van der Waals surface area contributed by atoms with Gasteiger partial charge in [-0.1, -0.05) is 32.9 Å². The quantitative estimate of drug-likeness (QED) is 0.401. The minimum Gasteiger partial charge on any atom is -0.491 e. The van der Waals surface area contributed by atoms with Gasteiger partial charge in [0.25, 0.3) is 11.8 Å². The number of rotatable bonds is 9. The third kappa shape index (κ3) is 6.10. The summed E-state index contributed by atoms with van der Waals surface area (Å²) in [6.07, 6.45) is 0.757. The minimum absolute atomic E-state index is 0.0541. The number of nitrogens with zero attached hydrogens (tertiary/aromatic N) is 4. The van der Waals surface area contributed by atoms with Crippen LogP contribution in [0.3, 0.4) is 0 Å². The molecule has 1 unspecified atom stereocenters. The number of anilines is 2. The number of aliphatic carboxylic acids is 1. The molecule has 2 aromatic carbocycles. The molecule has 0 fully saturated rings. The summed E-state index contributed by atoms with van der Waals surface area (Å²) in [7, 11) is 1.95. The van der Waals surface area contributed by atoms with E-state index >= 15 is 0 Å². The molecule has 1 atom stereocenters. The summed E-state index contributed by atoms with van der Waals surface area (Å²) in [5.41, 5.74) is 3.15. The molecule has 0 bridgehead atoms. The lowest BCUT2D eigenvalue weighted by atomic mass is 9.80. The zero-order valence-electron chi connectivity index (χ0n) is 22.3. The standard InChI is InChI=1S/C28H35FN4O4/c1-17(2)36-20-8-9-21(23(29)14-20)25-30-27(31-37-25)33-12-11-19-13-18(7-10-24(19)33)15-32(6)16-22(26(34)35)28(3,4)5/h7-10,13-14,17,22H,11-12,15-16H2,1-6H3,(H,34,35). The monoisotopic (exact) mass is 510 g/mol. The highest BCUT2D eigenvalue weighted by atomic mass is 19.1. The van der Waals surface area contributed by atoms with E-state index in [9.17, 15) is 14.3 Å². The number of hydrogen-bond acceptors (Lipinski definition) is 7. The maximum absolute atomic E-state index is 14.7. The van der Waals surface area contributed by atoms with E-state index in [0.29, 0.717) is 31.3 Å². The summed E-state index contributed by atoms with van der Waals surface area (Å²) in [5.74, 6) is -0.776. The van der Waals surface area contributed by atoms with Gasteiger partial charge in [-0.05, 0) is 67.2 Å². The molecule has 0 spiro atoms. The summed E-state index contributed by atoms with van der Waals surface area (Å²) in [6, 6.07) is 10.8.